The summed E-state index contributed by atoms with van der Waals surface area (Å²) < 4.78 is 11.8. The lowest BCUT2D eigenvalue weighted by atomic mass is 10.0. The second kappa shape index (κ2) is 10.9. The second-order valence-corrected chi connectivity index (χ2v) is 7.54. The van der Waals surface area contributed by atoms with Gasteiger partial charge in [-0.1, -0.05) is 53.5 Å². The highest BCUT2D eigenvalue weighted by Crippen LogP contribution is 2.25. The van der Waals surface area contributed by atoms with Crippen LogP contribution in [0.4, 0.5) is 0 Å². The van der Waals surface area contributed by atoms with Crippen LogP contribution in [0.1, 0.15) is 16.7 Å². The van der Waals surface area contributed by atoms with E-state index in [1.165, 1.54) is 0 Å². The Labute approximate surface area is 168 Å². The van der Waals surface area contributed by atoms with Crippen LogP contribution in [0.5, 0.6) is 0 Å². The fourth-order valence-electron chi connectivity index (χ4n) is 2.52. The zero-order valence-corrected chi connectivity index (χ0v) is 16.9. The van der Waals surface area contributed by atoms with Crippen LogP contribution in [-0.4, -0.2) is 27.4 Å². The van der Waals surface area contributed by atoms with Crippen LogP contribution >= 0.6 is 43.6 Å². The molecule has 2 aromatic rings. The van der Waals surface area contributed by atoms with Gasteiger partial charge in [0.05, 0.1) is 10.0 Å². The Kier molecular flexibility index (Phi) is 9.66. The van der Waals surface area contributed by atoms with Crippen LogP contribution in [0, 0.1) is 4.91 Å². The SMILES string of the molecule is Cl.O=[N+](Cc1ccc(Cl)c(Cl)c1)C[C@@H](O)Cc1ccccc1C[P+](=O)O. The first kappa shape index (κ1) is 23.0. The third-order valence-corrected chi connectivity index (χ3v) is 4.99. The molecular weight excluding hydrogens is 420 g/mol. The van der Waals surface area contributed by atoms with Gasteiger partial charge in [-0.3, -0.25) is 0 Å². The van der Waals surface area contributed by atoms with Crippen LogP contribution in [0.3, 0.4) is 0 Å². The van der Waals surface area contributed by atoms with E-state index in [0.717, 1.165) is 10.3 Å². The number of nitrogens with zero attached hydrogens (tertiary/aromatic N) is 1. The predicted molar refractivity (Wildman–Crippen MR) is 106 cm³/mol. The average molecular weight is 439 g/mol. The molecule has 2 atom stereocenters. The van der Waals surface area contributed by atoms with Crippen LogP contribution in [-0.2, 0) is 23.7 Å². The highest BCUT2D eigenvalue weighted by atomic mass is 35.5. The summed E-state index contributed by atoms with van der Waals surface area (Å²) >= 11 is 11.8. The maximum absolute atomic E-state index is 12.1. The third-order valence-electron chi connectivity index (χ3n) is 3.64. The standard InChI is InChI=1S/C17H17Cl2NO4P.ClH/c18-16-6-5-12(7-17(16)19)9-20(22)10-15(21)8-13-3-1-2-4-14(13)11-25(23)24;/h1-7,15,21H,8-11H2;1H/q+1;/p+1/t15-;/m0./s1. The molecule has 0 bridgehead atoms. The molecule has 0 aliphatic carbocycles. The van der Waals surface area contributed by atoms with E-state index in [0.29, 0.717) is 21.2 Å². The molecule has 0 aliphatic heterocycles. The first-order chi connectivity index (χ1) is 11.8. The summed E-state index contributed by atoms with van der Waals surface area (Å²) in [6.07, 6.45) is -0.625. The minimum absolute atomic E-state index is 0. The number of benzene rings is 2. The molecule has 9 heteroatoms. The van der Waals surface area contributed by atoms with E-state index in [1.807, 2.05) is 0 Å². The van der Waals surface area contributed by atoms with Gasteiger partial charge in [-0.05, 0) is 22.3 Å². The summed E-state index contributed by atoms with van der Waals surface area (Å²) in [5.41, 5.74) is 2.16. The normalized spacial score (nSPS) is 12.2. The van der Waals surface area contributed by atoms with E-state index in [2.05, 4.69) is 0 Å². The largest absolute Gasteiger partial charge is 0.510 e. The van der Waals surface area contributed by atoms with Crippen molar-refractivity contribution in [1.82, 2.24) is 0 Å². The summed E-state index contributed by atoms with van der Waals surface area (Å²) in [4.78, 5) is 21.1. The minimum atomic E-state index is -2.30. The molecule has 5 nitrogen and oxygen atoms in total. The maximum Gasteiger partial charge on any atom is 0.510 e. The van der Waals surface area contributed by atoms with Crippen molar-refractivity contribution < 1.29 is 19.3 Å². The Bertz CT molecular complexity index is 788. The molecule has 0 spiro atoms. The summed E-state index contributed by atoms with van der Waals surface area (Å²) in [6, 6.07) is 12.0. The van der Waals surface area contributed by atoms with Gasteiger partial charge in [0, 0.05) is 27.2 Å². The van der Waals surface area contributed by atoms with Crippen LogP contribution in [0.25, 0.3) is 0 Å². The Morgan fingerprint density at radius 1 is 1.08 bits per heavy atom. The molecule has 0 amide bonds. The Morgan fingerprint density at radius 2 is 1.73 bits per heavy atom. The Morgan fingerprint density at radius 3 is 2.35 bits per heavy atom. The molecule has 26 heavy (non-hydrogen) atoms. The third kappa shape index (κ3) is 7.28. The second-order valence-electron chi connectivity index (χ2n) is 5.71. The van der Waals surface area contributed by atoms with E-state index >= 15 is 0 Å². The van der Waals surface area contributed by atoms with Crippen molar-refractivity contribution in [3.63, 3.8) is 0 Å². The van der Waals surface area contributed by atoms with Gasteiger partial charge in [0.15, 0.2) is 0 Å². The number of nitroso groups, excluding NO2 is 1. The lowest BCUT2D eigenvalue weighted by Crippen LogP contribution is -2.25. The lowest BCUT2D eigenvalue weighted by molar-refractivity contribution is -0.572. The summed E-state index contributed by atoms with van der Waals surface area (Å²) in [5.74, 6) is 0. The molecule has 140 valence electrons. The van der Waals surface area contributed by atoms with E-state index in [4.69, 9.17) is 28.1 Å². The molecule has 0 aromatic heterocycles. The van der Waals surface area contributed by atoms with E-state index in [-0.39, 0.29) is 38.1 Å². The van der Waals surface area contributed by atoms with Crippen LogP contribution < -0.4 is 0 Å². The zero-order valence-electron chi connectivity index (χ0n) is 13.7. The van der Waals surface area contributed by atoms with Crippen molar-refractivity contribution in [3.8, 4) is 0 Å². The highest BCUT2D eigenvalue weighted by Gasteiger charge is 2.21. The van der Waals surface area contributed by atoms with Gasteiger partial charge in [-0.2, -0.15) is 4.89 Å². The smallest absolute Gasteiger partial charge is 0.386 e. The number of hydrogen-bond acceptors (Lipinski definition) is 3. The molecular formula is C17H19Cl3NO4P+2. The lowest BCUT2D eigenvalue weighted by Gasteiger charge is -2.09. The summed E-state index contributed by atoms with van der Waals surface area (Å²) in [7, 11) is -2.30. The van der Waals surface area contributed by atoms with E-state index < -0.39 is 14.1 Å². The topological polar surface area (TPSA) is 77.6 Å². The first-order valence-electron chi connectivity index (χ1n) is 7.59. The molecule has 0 radical (unpaired) electrons. The maximum atomic E-state index is 12.1. The molecule has 2 aromatic carbocycles. The van der Waals surface area contributed by atoms with Crippen molar-refractivity contribution in [2.45, 2.75) is 25.2 Å². The van der Waals surface area contributed by atoms with Crippen molar-refractivity contribution in [1.29, 1.82) is 0 Å². The average Bonchev–Trinajstić information content (AvgIpc) is 2.52. The number of halogens is 3. The van der Waals surface area contributed by atoms with Gasteiger partial charge in [0.25, 0.3) is 0 Å². The zero-order chi connectivity index (χ0) is 18.4. The number of aliphatic hydroxyl groups excluding tert-OH is 1. The van der Waals surface area contributed by atoms with Gasteiger partial charge >= 0.3 is 8.03 Å². The molecule has 0 fully saturated rings. The molecule has 0 saturated carbocycles. The Hall–Kier alpha value is -1.07. The van der Waals surface area contributed by atoms with Gasteiger partial charge in [-0.15, -0.1) is 12.4 Å². The fraction of sp³-hybridized carbons (Fsp3) is 0.294. The highest BCUT2D eigenvalue weighted by molar-refractivity contribution is 7.37. The quantitative estimate of drug-likeness (QED) is 0.469. The molecule has 2 rings (SSSR count). The van der Waals surface area contributed by atoms with Gasteiger partial charge < -0.3 is 5.11 Å². The monoisotopic (exact) mass is 437 g/mol. The van der Waals surface area contributed by atoms with Gasteiger partial charge in [-0.25, -0.2) is 0 Å². The van der Waals surface area contributed by atoms with Crippen LogP contribution in [0.15, 0.2) is 42.5 Å². The predicted octanol–water partition coefficient (Wildman–Crippen LogP) is 4.53. The molecule has 0 aliphatic rings. The first-order valence-corrected chi connectivity index (χ1v) is 9.75. The van der Waals surface area contributed by atoms with Crippen molar-refractivity contribution in [2.24, 2.45) is 0 Å². The van der Waals surface area contributed by atoms with Gasteiger partial charge in [0.1, 0.15) is 6.10 Å². The van der Waals surface area contributed by atoms with E-state index in [9.17, 15) is 14.6 Å². The van der Waals surface area contributed by atoms with Gasteiger partial charge in [0.2, 0.25) is 19.3 Å². The minimum Gasteiger partial charge on any atom is -0.386 e. The van der Waals surface area contributed by atoms with Crippen molar-refractivity contribution in [2.75, 3.05) is 6.54 Å². The summed E-state index contributed by atoms with van der Waals surface area (Å²) in [6.45, 7) is -0.00205. The van der Waals surface area contributed by atoms with Crippen molar-refractivity contribution >= 4 is 43.6 Å². The molecule has 0 saturated heterocycles. The summed E-state index contributed by atoms with van der Waals surface area (Å²) in [5, 5.41) is 11.0. The number of hydrogen-bond donors (Lipinski definition) is 2. The molecule has 2 N–H and O–H groups in total. The van der Waals surface area contributed by atoms with E-state index in [1.54, 1.807) is 42.5 Å². The Balaban J connectivity index is 0.00000338. The fourth-order valence-corrected chi connectivity index (χ4v) is 3.44. The molecule has 1 unspecified atom stereocenters. The molecule has 0 heterocycles. The van der Waals surface area contributed by atoms with Crippen molar-refractivity contribution in [3.05, 3.63) is 74.1 Å². The van der Waals surface area contributed by atoms with Crippen LogP contribution in [0.2, 0.25) is 10.0 Å². The number of aliphatic hydroxyl groups is 1. The number of rotatable bonds is 8.